The summed E-state index contributed by atoms with van der Waals surface area (Å²) in [5.74, 6) is 0.451. The molecule has 92 valence electrons. The van der Waals surface area contributed by atoms with Crippen LogP contribution in [0.1, 0.15) is 29.6 Å². The van der Waals surface area contributed by atoms with Gasteiger partial charge in [-0.15, -0.1) is 0 Å². The molecule has 2 aromatic rings. The van der Waals surface area contributed by atoms with Crippen LogP contribution in [-0.4, -0.2) is 6.61 Å². The molecule has 1 saturated heterocycles. The Morgan fingerprint density at radius 1 is 0.889 bits per heavy atom. The summed E-state index contributed by atoms with van der Waals surface area (Å²) in [5.41, 5.74) is 2.57. The highest BCUT2D eigenvalue weighted by Crippen LogP contribution is 2.41. The lowest BCUT2D eigenvalue weighted by Gasteiger charge is -2.19. The Kier molecular flexibility index (Phi) is 3.35. The number of halogens is 1. The van der Waals surface area contributed by atoms with E-state index in [1.165, 1.54) is 11.1 Å². The van der Waals surface area contributed by atoms with E-state index in [2.05, 4.69) is 42.5 Å². The molecule has 0 aliphatic carbocycles. The second kappa shape index (κ2) is 5.13. The van der Waals surface area contributed by atoms with Gasteiger partial charge in [0.1, 0.15) is 0 Å². The summed E-state index contributed by atoms with van der Waals surface area (Å²) in [6, 6.07) is 18.6. The molecule has 1 nitrogen and oxygen atoms in total. The van der Waals surface area contributed by atoms with Crippen molar-refractivity contribution in [2.75, 3.05) is 6.61 Å². The molecule has 0 N–H and O–H groups in total. The van der Waals surface area contributed by atoms with Crippen LogP contribution in [0.25, 0.3) is 0 Å². The Morgan fingerprint density at radius 3 is 2.33 bits per heavy atom. The lowest BCUT2D eigenvalue weighted by Crippen LogP contribution is -2.05. The average Bonchev–Trinajstić information content (AvgIpc) is 2.90. The molecule has 1 heterocycles. The largest absolute Gasteiger partial charge is 0.373 e. The lowest BCUT2D eigenvalue weighted by molar-refractivity contribution is 0.104. The van der Waals surface area contributed by atoms with Gasteiger partial charge in [-0.3, -0.25) is 0 Å². The van der Waals surface area contributed by atoms with E-state index >= 15 is 0 Å². The van der Waals surface area contributed by atoms with Gasteiger partial charge in [-0.25, -0.2) is 0 Å². The lowest BCUT2D eigenvalue weighted by atomic mass is 9.89. The maximum atomic E-state index is 5.93. The number of hydrogen-bond donors (Lipinski definition) is 0. The normalized spacial score (nSPS) is 23.2. The summed E-state index contributed by atoms with van der Waals surface area (Å²) in [6.07, 6.45) is 1.24. The molecule has 0 bridgehead atoms. The maximum absolute atomic E-state index is 5.93. The van der Waals surface area contributed by atoms with Crippen LogP contribution in [0.3, 0.4) is 0 Å². The maximum Gasteiger partial charge on any atom is 0.0894 e. The first-order valence-corrected chi connectivity index (χ1v) is 6.64. The Hall–Kier alpha value is -1.31. The molecule has 2 atom stereocenters. The number of ether oxygens (including phenoxy) is 1. The zero-order valence-corrected chi connectivity index (χ0v) is 10.8. The fourth-order valence-corrected chi connectivity index (χ4v) is 2.74. The predicted octanol–water partition coefficient (Wildman–Crippen LogP) is 4.59. The van der Waals surface area contributed by atoms with Gasteiger partial charge < -0.3 is 4.74 Å². The van der Waals surface area contributed by atoms with E-state index < -0.39 is 0 Å². The highest BCUT2D eigenvalue weighted by molar-refractivity contribution is 6.30. The Morgan fingerprint density at radius 2 is 1.61 bits per heavy atom. The van der Waals surface area contributed by atoms with Crippen molar-refractivity contribution in [3.05, 3.63) is 70.7 Å². The highest BCUT2D eigenvalue weighted by Gasteiger charge is 2.30. The molecular weight excluding hydrogens is 244 g/mol. The zero-order chi connectivity index (χ0) is 12.4. The van der Waals surface area contributed by atoms with E-state index in [0.29, 0.717) is 5.92 Å². The number of hydrogen-bond acceptors (Lipinski definition) is 1. The van der Waals surface area contributed by atoms with Crippen LogP contribution in [0.15, 0.2) is 54.6 Å². The van der Waals surface area contributed by atoms with Crippen LogP contribution < -0.4 is 0 Å². The molecular formula is C16H15ClO. The van der Waals surface area contributed by atoms with Crippen molar-refractivity contribution < 1.29 is 4.74 Å². The van der Waals surface area contributed by atoms with Gasteiger partial charge in [0, 0.05) is 17.5 Å². The van der Waals surface area contributed by atoms with Crippen molar-refractivity contribution in [1.82, 2.24) is 0 Å². The molecule has 0 radical (unpaired) electrons. The molecule has 2 heteroatoms. The smallest absolute Gasteiger partial charge is 0.0894 e. The predicted molar refractivity (Wildman–Crippen MR) is 73.9 cm³/mol. The molecule has 2 aromatic carbocycles. The fraction of sp³-hybridized carbons (Fsp3) is 0.250. The second-order valence-corrected chi connectivity index (χ2v) is 5.09. The minimum absolute atomic E-state index is 0.157. The first kappa shape index (κ1) is 11.8. The third kappa shape index (κ3) is 2.29. The molecule has 3 rings (SSSR count). The fourth-order valence-electron chi connectivity index (χ4n) is 2.61. The minimum Gasteiger partial charge on any atom is -0.373 e. The van der Waals surface area contributed by atoms with Gasteiger partial charge in [0.05, 0.1) is 6.10 Å². The summed E-state index contributed by atoms with van der Waals surface area (Å²) in [4.78, 5) is 0. The number of benzene rings is 2. The molecule has 0 amide bonds. The monoisotopic (exact) mass is 258 g/mol. The molecule has 1 fully saturated rings. The standard InChI is InChI=1S/C16H15ClO/c17-14-8-6-13(7-9-14)16-15(10-11-18-16)12-4-2-1-3-5-12/h1-9,15-16H,10-11H2/t15-,16-/m0/s1. The Bertz CT molecular complexity index is 506. The Balaban J connectivity index is 1.90. The molecule has 1 aliphatic heterocycles. The van der Waals surface area contributed by atoms with Crippen molar-refractivity contribution in [2.45, 2.75) is 18.4 Å². The van der Waals surface area contributed by atoms with Gasteiger partial charge in [-0.1, -0.05) is 54.1 Å². The van der Waals surface area contributed by atoms with E-state index in [-0.39, 0.29) is 6.10 Å². The first-order valence-electron chi connectivity index (χ1n) is 6.26. The van der Waals surface area contributed by atoms with Gasteiger partial charge in [-0.05, 0) is 29.7 Å². The quantitative estimate of drug-likeness (QED) is 0.766. The molecule has 18 heavy (non-hydrogen) atoms. The van der Waals surface area contributed by atoms with Crippen molar-refractivity contribution in [2.24, 2.45) is 0 Å². The van der Waals surface area contributed by atoms with Gasteiger partial charge in [0.15, 0.2) is 0 Å². The highest BCUT2D eigenvalue weighted by atomic mass is 35.5. The molecule has 0 spiro atoms. The van der Waals surface area contributed by atoms with Crippen molar-refractivity contribution in [3.8, 4) is 0 Å². The van der Waals surface area contributed by atoms with Crippen molar-refractivity contribution >= 4 is 11.6 Å². The van der Waals surface area contributed by atoms with E-state index in [4.69, 9.17) is 16.3 Å². The average molecular weight is 259 g/mol. The van der Waals surface area contributed by atoms with Crippen LogP contribution in [0.4, 0.5) is 0 Å². The van der Waals surface area contributed by atoms with Gasteiger partial charge in [-0.2, -0.15) is 0 Å². The number of rotatable bonds is 2. The Labute approximate surface area is 112 Å². The van der Waals surface area contributed by atoms with Crippen LogP contribution in [0, 0.1) is 0 Å². The summed E-state index contributed by atoms with van der Waals surface area (Å²) < 4.78 is 5.90. The second-order valence-electron chi connectivity index (χ2n) is 4.65. The molecule has 0 unspecified atom stereocenters. The van der Waals surface area contributed by atoms with E-state index in [0.717, 1.165) is 18.1 Å². The van der Waals surface area contributed by atoms with Crippen LogP contribution in [0.5, 0.6) is 0 Å². The topological polar surface area (TPSA) is 9.23 Å². The van der Waals surface area contributed by atoms with Crippen molar-refractivity contribution in [1.29, 1.82) is 0 Å². The summed E-state index contributed by atoms with van der Waals surface area (Å²) in [5, 5.41) is 0.771. The molecule has 1 aliphatic rings. The SMILES string of the molecule is Clc1ccc([C@@H]2OCC[C@H]2c2ccccc2)cc1. The molecule has 0 aromatic heterocycles. The van der Waals surface area contributed by atoms with Gasteiger partial charge in [0.2, 0.25) is 0 Å². The van der Waals surface area contributed by atoms with Gasteiger partial charge >= 0.3 is 0 Å². The third-order valence-electron chi connectivity index (χ3n) is 3.52. The summed E-state index contributed by atoms with van der Waals surface area (Å²) in [6.45, 7) is 0.826. The van der Waals surface area contributed by atoms with E-state index in [1.807, 2.05) is 12.1 Å². The first-order chi connectivity index (χ1) is 8.84. The van der Waals surface area contributed by atoms with E-state index in [9.17, 15) is 0 Å². The summed E-state index contributed by atoms with van der Waals surface area (Å²) in [7, 11) is 0. The van der Waals surface area contributed by atoms with Gasteiger partial charge in [0.25, 0.3) is 0 Å². The third-order valence-corrected chi connectivity index (χ3v) is 3.77. The van der Waals surface area contributed by atoms with E-state index in [1.54, 1.807) is 0 Å². The van der Waals surface area contributed by atoms with Crippen molar-refractivity contribution in [3.63, 3.8) is 0 Å². The van der Waals surface area contributed by atoms with Crippen LogP contribution in [-0.2, 0) is 4.74 Å². The van der Waals surface area contributed by atoms with Crippen LogP contribution in [0.2, 0.25) is 5.02 Å². The summed E-state index contributed by atoms with van der Waals surface area (Å²) >= 11 is 5.93. The minimum atomic E-state index is 0.157. The van der Waals surface area contributed by atoms with Crippen LogP contribution >= 0.6 is 11.6 Å². The molecule has 0 saturated carbocycles. The zero-order valence-electron chi connectivity index (χ0n) is 10.1.